The van der Waals surface area contributed by atoms with Crippen molar-refractivity contribution < 1.29 is 0 Å². The van der Waals surface area contributed by atoms with Gasteiger partial charge in [0.05, 0.1) is 0 Å². The lowest BCUT2D eigenvalue weighted by atomic mass is 9.72. The van der Waals surface area contributed by atoms with E-state index in [1.54, 1.807) is 0 Å². The van der Waals surface area contributed by atoms with Gasteiger partial charge in [0, 0.05) is 5.41 Å². The van der Waals surface area contributed by atoms with Gasteiger partial charge in [0.1, 0.15) is 0 Å². The fraction of sp³-hybridized carbons (Fsp3) is 0.182. The van der Waals surface area contributed by atoms with Gasteiger partial charge >= 0.3 is 0 Å². The Balaban J connectivity index is 2.19. The van der Waals surface area contributed by atoms with Crippen molar-refractivity contribution in [3.05, 3.63) is 65.7 Å². The molecule has 0 unspecified atom stereocenters. The molecule has 0 fully saturated rings. The second-order valence-corrected chi connectivity index (χ2v) is 7.20. The van der Waals surface area contributed by atoms with Gasteiger partial charge in [0.2, 0.25) is 0 Å². The molecule has 0 bridgehead atoms. The Morgan fingerprint density at radius 1 is 0.727 bits per heavy atom. The highest BCUT2D eigenvalue weighted by Gasteiger charge is 2.28. The number of allylic oxidation sites excluding steroid dienone is 2. The molecule has 106 valence electrons. The van der Waals surface area contributed by atoms with E-state index >= 15 is 0 Å². The molecule has 0 heterocycles. The van der Waals surface area contributed by atoms with Gasteiger partial charge in [-0.2, -0.15) is 0 Å². The molecule has 0 aliphatic heterocycles. The van der Waals surface area contributed by atoms with E-state index in [0.29, 0.717) is 0 Å². The molecule has 0 N–H and O–H groups in total. The van der Waals surface area contributed by atoms with Crippen molar-refractivity contribution in [1.29, 1.82) is 0 Å². The quantitative estimate of drug-likeness (QED) is 0.333. The zero-order valence-electron chi connectivity index (χ0n) is 13.2. The van der Waals surface area contributed by atoms with Crippen LogP contribution in [0.3, 0.4) is 0 Å². The molecule has 1 aliphatic rings. The molecule has 0 radical (unpaired) electrons. The Hall–Kier alpha value is -2.34. The molecule has 22 heavy (non-hydrogen) atoms. The van der Waals surface area contributed by atoms with Crippen LogP contribution in [0.5, 0.6) is 0 Å². The van der Waals surface area contributed by atoms with Gasteiger partial charge in [0.25, 0.3) is 0 Å². The minimum atomic E-state index is 0.0966. The minimum Gasteiger partial charge on any atom is -0.0709 e. The predicted octanol–water partition coefficient (Wildman–Crippen LogP) is 6.28. The molecule has 4 aromatic carbocycles. The standard InChI is InChI=1S/C22H18/c1-13-12-22(2,3)18-10-9-15-8-7-14-5-4-6-16-11-17(13)21(18)20(15)19(14)16/h4-12H,1-3H3. The van der Waals surface area contributed by atoms with Crippen LogP contribution in [0.1, 0.15) is 31.9 Å². The molecule has 0 heteroatoms. The zero-order chi connectivity index (χ0) is 15.1. The van der Waals surface area contributed by atoms with Gasteiger partial charge in [-0.05, 0) is 62.0 Å². The smallest absolute Gasteiger partial charge is 0.00876 e. The highest BCUT2D eigenvalue weighted by atomic mass is 14.3. The molecule has 0 aromatic heterocycles. The van der Waals surface area contributed by atoms with Crippen LogP contribution >= 0.6 is 0 Å². The summed E-state index contributed by atoms with van der Waals surface area (Å²) < 4.78 is 0. The van der Waals surface area contributed by atoms with Crippen LogP contribution in [0.2, 0.25) is 0 Å². The summed E-state index contributed by atoms with van der Waals surface area (Å²) in [5.74, 6) is 0. The number of hydrogen-bond acceptors (Lipinski definition) is 0. The third kappa shape index (κ3) is 1.33. The lowest BCUT2D eigenvalue weighted by molar-refractivity contribution is 0.674. The zero-order valence-corrected chi connectivity index (χ0v) is 13.2. The monoisotopic (exact) mass is 282 g/mol. The second kappa shape index (κ2) is 3.70. The number of benzene rings is 4. The first-order valence-electron chi connectivity index (χ1n) is 7.97. The second-order valence-electron chi connectivity index (χ2n) is 7.20. The summed E-state index contributed by atoms with van der Waals surface area (Å²) in [5, 5.41) is 8.39. The lowest BCUT2D eigenvalue weighted by Crippen LogP contribution is -2.18. The Kier molecular flexibility index (Phi) is 2.06. The third-order valence-electron chi connectivity index (χ3n) is 5.32. The van der Waals surface area contributed by atoms with Crippen LogP contribution in [0.4, 0.5) is 0 Å². The first kappa shape index (κ1) is 12.2. The van der Waals surface area contributed by atoms with Gasteiger partial charge in [0.15, 0.2) is 0 Å². The average molecular weight is 282 g/mol. The van der Waals surface area contributed by atoms with Crippen molar-refractivity contribution in [1.82, 2.24) is 0 Å². The summed E-state index contributed by atoms with van der Waals surface area (Å²) in [5.41, 5.74) is 4.36. The summed E-state index contributed by atoms with van der Waals surface area (Å²) >= 11 is 0. The largest absolute Gasteiger partial charge is 0.0709 e. The molecule has 0 atom stereocenters. The van der Waals surface area contributed by atoms with Crippen LogP contribution in [0, 0.1) is 0 Å². The van der Waals surface area contributed by atoms with Crippen LogP contribution in [0.15, 0.2) is 54.6 Å². The summed E-state index contributed by atoms with van der Waals surface area (Å²) in [6.45, 7) is 6.90. The van der Waals surface area contributed by atoms with Crippen molar-refractivity contribution in [2.24, 2.45) is 0 Å². The SMILES string of the molecule is CC1=CC(C)(C)c2ccc3ccc4cccc5cc1c2c3c45. The fourth-order valence-electron chi connectivity index (χ4n) is 4.40. The van der Waals surface area contributed by atoms with Crippen molar-refractivity contribution in [2.45, 2.75) is 26.2 Å². The highest BCUT2D eigenvalue weighted by Crippen LogP contribution is 2.46. The third-order valence-corrected chi connectivity index (χ3v) is 5.32. The van der Waals surface area contributed by atoms with E-state index in [4.69, 9.17) is 0 Å². The summed E-state index contributed by atoms with van der Waals surface area (Å²) in [6.07, 6.45) is 2.42. The van der Waals surface area contributed by atoms with Crippen molar-refractivity contribution in [3.63, 3.8) is 0 Å². The topological polar surface area (TPSA) is 0 Å². The minimum absolute atomic E-state index is 0.0966. The molecule has 0 nitrogen and oxygen atoms in total. The molecule has 1 aliphatic carbocycles. The average Bonchev–Trinajstić information content (AvgIpc) is 2.50. The molecule has 0 saturated carbocycles. The molecule has 5 rings (SSSR count). The van der Waals surface area contributed by atoms with Gasteiger partial charge in [-0.1, -0.05) is 62.4 Å². The van der Waals surface area contributed by atoms with Crippen molar-refractivity contribution in [3.8, 4) is 0 Å². The molecular weight excluding hydrogens is 264 g/mol. The summed E-state index contributed by atoms with van der Waals surface area (Å²) in [7, 11) is 0. The maximum absolute atomic E-state index is 2.42. The molecule has 4 aromatic rings. The van der Waals surface area contributed by atoms with Crippen LogP contribution in [-0.4, -0.2) is 0 Å². The van der Waals surface area contributed by atoms with Crippen molar-refractivity contribution in [2.75, 3.05) is 0 Å². The van der Waals surface area contributed by atoms with Gasteiger partial charge in [-0.3, -0.25) is 0 Å². The highest BCUT2D eigenvalue weighted by molar-refractivity contribution is 6.26. The number of hydrogen-bond donors (Lipinski definition) is 0. The fourth-order valence-corrected chi connectivity index (χ4v) is 4.40. The first-order valence-corrected chi connectivity index (χ1v) is 7.97. The van der Waals surface area contributed by atoms with E-state index in [0.717, 1.165) is 0 Å². The summed E-state index contributed by atoms with van der Waals surface area (Å²) in [6, 6.07) is 18.2. The first-order chi connectivity index (χ1) is 10.6. The van der Waals surface area contributed by atoms with Crippen LogP contribution in [0.25, 0.3) is 37.9 Å². The molecular formula is C22H18. The van der Waals surface area contributed by atoms with E-state index < -0.39 is 0 Å². The summed E-state index contributed by atoms with van der Waals surface area (Å²) in [4.78, 5) is 0. The van der Waals surface area contributed by atoms with Crippen molar-refractivity contribution >= 4 is 37.9 Å². The predicted molar refractivity (Wildman–Crippen MR) is 96.8 cm³/mol. The maximum Gasteiger partial charge on any atom is 0.00876 e. The van der Waals surface area contributed by atoms with E-state index in [9.17, 15) is 0 Å². The Morgan fingerprint density at radius 3 is 2.23 bits per heavy atom. The molecule has 0 amide bonds. The Morgan fingerprint density at radius 2 is 1.41 bits per heavy atom. The Bertz CT molecular complexity index is 1090. The van der Waals surface area contributed by atoms with Gasteiger partial charge in [-0.25, -0.2) is 0 Å². The number of rotatable bonds is 0. The lowest BCUT2D eigenvalue weighted by Gasteiger charge is -2.31. The van der Waals surface area contributed by atoms with Gasteiger partial charge in [-0.15, -0.1) is 0 Å². The van der Waals surface area contributed by atoms with E-state index in [-0.39, 0.29) is 5.41 Å². The van der Waals surface area contributed by atoms with E-state index in [1.165, 1.54) is 49.0 Å². The normalized spacial score (nSPS) is 16.6. The molecule has 0 saturated heterocycles. The van der Waals surface area contributed by atoms with E-state index in [1.807, 2.05) is 0 Å². The van der Waals surface area contributed by atoms with E-state index in [2.05, 4.69) is 75.4 Å². The van der Waals surface area contributed by atoms with Crippen LogP contribution < -0.4 is 0 Å². The maximum atomic E-state index is 2.42. The Labute approximate surface area is 130 Å². The van der Waals surface area contributed by atoms with Crippen LogP contribution in [-0.2, 0) is 5.41 Å². The molecule has 0 spiro atoms. The van der Waals surface area contributed by atoms with Gasteiger partial charge < -0.3 is 0 Å².